The highest BCUT2D eigenvalue weighted by Crippen LogP contribution is 2.14. The first-order chi connectivity index (χ1) is 13.6. The van der Waals surface area contributed by atoms with Crippen molar-refractivity contribution in [3.8, 4) is 12.1 Å². The van der Waals surface area contributed by atoms with E-state index in [9.17, 15) is 9.59 Å². The minimum atomic E-state index is -0.344. The summed E-state index contributed by atoms with van der Waals surface area (Å²) in [6, 6.07) is 23.4. The fourth-order valence-corrected chi connectivity index (χ4v) is 2.51. The third kappa shape index (κ3) is 4.40. The van der Waals surface area contributed by atoms with Gasteiger partial charge in [-0.2, -0.15) is 10.5 Å². The minimum Gasteiger partial charge on any atom is -0.322 e. The van der Waals surface area contributed by atoms with E-state index in [1.807, 2.05) is 12.1 Å². The number of benzene rings is 3. The van der Waals surface area contributed by atoms with Crippen LogP contribution in [0.15, 0.2) is 72.8 Å². The third-order valence-corrected chi connectivity index (χ3v) is 3.91. The Morgan fingerprint density at radius 2 is 1.04 bits per heavy atom. The van der Waals surface area contributed by atoms with Gasteiger partial charge in [0.1, 0.15) is 0 Å². The number of carbonyl (C=O) groups excluding carboxylic acids is 2. The van der Waals surface area contributed by atoms with Crippen molar-refractivity contribution in [1.82, 2.24) is 0 Å². The molecular weight excluding hydrogens is 352 g/mol. The Kier molecular flexibility index (Phi) is 5.45. The average Bonchev–Trinajstić information content (AvgIpc) is 2.74. The van der Waals surface area contributed by atoms with Gasteiger partial charge in [0, 0.05) is 22.5 Å². The molecule has 0 saturated carbocycles. The Balaban J connectivity index is 1.68. The van der Waals surface area contributed by atoms with Crippen molar-refractivity contribution in [1.29, 1.82) is 10.5 Å². The van der Waals surface area contributed by atoms with Crippen LogP contribution in [0.2, 0.25) is 0 Å². The topological polar surface area (TPSA) is 106 Å². The van der Waals surface area contributed by atoms with Crippen LogP contribution in [-0.4, -0.2) is 11.8 Å². The minimum absolute atomic E-state index is 0.344. The number of rotatable bonds is 4. The van der Waals surface area contributed by atoms with Gasteiger partial charge in [-0.1, -0.05) is 12.1 Å². The molecule has 0 unspecified atom stereocenters. The van der Waals surface area contributed by atoms with Crippen LogP contribution in [0.3, 0.4) is 0 Å². The third-order valence-electron chi connectivity index (χ3n) is 3.91. The summed E-state index contributed by atoms with van der Waals surface area (Å²) >= 11 is 0. The Labute approximate surface area is 161 Å². The first-order valence-electron chi connectivity index (χ1n) is 8.32. The molecule has 0 bridgehead atoms. The molecule has 0 aliphatic rings. The summed E-state index contributed by atoms with van der Waals surface area (Å²) in [4.78, 5) is 24.7. The highest BCUT2D eigenvalue weighted by Gasteiger charge is 2.10. The van der Waals surface area contributed by atoms with Crippen LogP contribution in [0, 0.1) is 22.7 Å². The number of nitrogens with one attached hydrogen (secondary N) is 2. The van der Waals surface area contributed by atoms with Gasteiger partial charge < -0.3 is 10.6 Å². The molecule has 2 amide bonds. The number of anilines is 2. The fraction of sp³-hybridized carbons (Fsp3) is 0. The molecule has 28 heavy (non-hydrogen) atoms. The molecule has 2 N–H and O–H groups in total. The quantitative estimate of drug-likeness (QED) is 0.729. The summed E-state index contributed by atoms with van der Waals surface area (Å²) in [5.74, 6) is -0.687. The lowest BCUT2D eigenvalue weighted by Gasteiger charge is -2.08. The normalized spacial score (nSPS) is 9.64. The summed E-state index contributed by atoms with van der Waals surface area (Å²) in [6.45, 7) is 0. The van der Waals surface area contributed by atoms with Crippen molar-refractivity contribution in [2.24, 2.45) is 0 Å². The van der Waals surface area contributed by atoms with Crippen molar-refractivity contribution < 1.29 is 9.59 Å². The second kappa shape index (κ2) is 8.31. The molecule has 0 atom stereocenters. The molecule has 0 heterocycles. The summed E-state index contributed by atoms with van der Waals surface area (Å²) in [7, 11) is 0. The molecule has 134 valence electrons. The number of hydrogen-bond acceptors (Lipinski definition) is 4. The van der Waals surface area contributed by atoms with E-state index in [-0.39, 0.29) is 11.8 Å². The second-order valence-electron chi connectivity index (χ2n) is 5.87. The summed E-state index contributed by atoms with van der Waals surface area (Å²) in [6.07, 6.45) is 0. The standard InChI is InChI=1S/C22H14N4O2/c23-13-15-3-1-5-19(11-15)25-21(27)17-7-9-18(10-8-17)22(28)26-20-6-2-4-16(12-20)14-24/h1-12H,(H,25,27)(H,26,28). The fourth-order valence-electron chi connectivity index (χ4n) is 2.51. The predicted octanol–water partition coefficient (Wildman–Crippen LogP) is 3.93. The maximum absolute atomic E-state index is 12.3. The largest absolute Gasteiger partial charge is 0.322 e. The summed E-state index contributed by atoms with van der Waals surface area (Å²) in [5.41, 5.74) is 2.69. The van der Waals surface area contributed by atoms with E-state index in [2.05, 4.69) is 10.6 Å². The Bertz CT molecular complexity index is 1030. The van der Waals surface area contributed by atoms with E-state index in [0.29, 0.717) is 33.6 Å². The van der Waals surface area contributed by atoms with E-state index in [0.717, 1.165) is 0 Å². The Morgan fingerprint density at radius 3 is 1.39 bits per heavy atom. The summed E-state index contributed by atoms with van der Waals surface area (Å²) < 4.78 is 0. The molecule has 6 heteroatoms. The Morgan fingerprint density at radius 1 is 0.643 bits per heavy atom. The maximum atomic E-state index is 12.3. The lowest BCUT2D eigenvalue weighted by Crippen LogP contribution is -2.14. The molecule has 0 spiro atoms. The zero-order chi connectivity index (χ0) is 19.9. The van der Waals surface area contributed by atoms with Crippen LogP contribution in [-0.2, 0) is 0 Å². The number of nitriles is 2. The van der Waals surface area contributed by atoms with Crippen LogP contribution >= 0.6 is 0 Å². The molecule has 0 fully saturated rings. The lowest BCUT2D eigenvalue weighted by atomic mass is 10.1. The van der Waals surface area contributed by atoms with E-state index in [1.54, 1.807) is 72.8 Å². The van der Waals surface area contributed by atoms with Crippen molar-refractivity contribution in [3.63, 3.8) is 0 Å². The lowest BCUT2D eigenvalue weighted by molar-refractivity contribution is 0.101. The molecule has 3 rings (SSSR count). The highest BCUT2D eigenvalue weighted by molar-refractivity contribution is 6.07. The zero-order valence-corrected chi connectivity index (χ0v) is 14.6. The van der Waals surface area contributed by atoms with Crippen LogP contribution in [0.25, 0.3) is 0 Å². The predicted molar refractivity (Wildman–Crippen MR) is 105 cm³/mol. The van der Waals surface area contributed by atoms with Gasteiger partial charge in [0.15, 0.2) is 0 Å². The molecule has 0 aliphatic carbocycles. The maximum Gasteiger partial charge on any atom is 0.255 e. The number of carbonyl (C=O) groups is 2. The first kappa shape index (κ1) is 18.4. The van der Waals surface area contributed by atoms with Crippen LogP contribution in [0.5, 0.6) is 0 Å². The smallest absolute Gasteiger partial charge is 0.255 e. The molecule has 6 nitrogen and oxygen atoms in total. The van der Waals surface area contributed by atoms with Crippen LogP contribution in [0.4, 0.5) is 11.4 Å². The molecule has 0 saturated heterocycles. The average molecular weight is 366 g/mol. The van der Waals surface area contributed by atoms with E-state index >= 15 is 0 Å². The molecule has 0 radical (unpaired) electrons. The zero-order valence-electron chi connectivity index (χ0n) is 14.6. The monoisotopic (exact) mass is 366 g/mol. The van der Waals surface area contributed by atoms with Gasteiger partial charge in [-0.05, 0) is 60.7 Å². The molecule has 0 aliphatic heterocycles. The van der Waals surface area contributed by atoms with Crippen molar-refractivity contribution >= 4 is 23.2 Å². The van der Waals surface area contributed by atoms with Crippen molar-refractivity contribution in [3.05, 3.63) is 95.1 Å². The van der Waals surface area contributed by atoms with Gasteiger partial charge in [-0.3, -0.25) is 9.59 Å². The van der Waals surface area contributed by atoms with E-state index < -0.39 is 0 Å². The Hall–Kier alpha value is -4.42. The van der Waals surface area contributed by atoms with E-state index in [1.165, 1.54) is 0 Å². The molecule has 3 aromatic carbocycles. The highest BCUT2D eigenvalue weighted by atomic mass is 16.2. The van der Waals surface area contributed by atoms with Crippen molar-refractivity contribution in [2.45, 2.75) is 0 Å². The van der Waals surface area contributed by atoms with E-state index in [4.69, 9.17) is 10.5 Å². The number of nitrogens with zero attached hydrogens (tertiary/aromatic N) is 2. The van der Waals surface area contributed by atoms with Gasteiger partial charge in [-0.25, -0.2) is 0 Å². The van der Waals surface area contributed by atoms with Crippen LogP contribution < -0.4 is 10.6 Å². The van der Waals surface area contributed by atoms with Gasteiger partial charge in [0.2, 0.25) is 0 Å². The first-order valence-corrected chi connectivity index (χ1v) is 8.32. The van der Waals surface area contributed by atoms with Crippen molar-refractivity contribution in [2.75, 3.05) is 10.6 Å². The SMILES string of the molecule is N#Cc1cccc(NC(=O)c2ccc(C(=O)Nc3cccc(C#N)c3)cc2)c1. The van der Waals surface area contributed by atoms with Gasteiger partial charge in [0.05, 0.1) is 23.3 Å². The molecule has 3 aromatic rings. The van der Waals surface area contributed by atoms with Crippen LogP contribution in [0.1, 0.15) is 31.8 Å². The van der Waals surface area contributed by atoms with Gasteiger partial charge in [-0.15, -0.1) is 0 Å². The number of hydrogen-bond donors (Lipinski definition) is 2. The number of amides is 2. The summed E-state index contributed by atoms with van der Waals surface area (Å²) in [5, 5.41) is 23.3. The van der Waals surface area contributed by atoms with Gasteiger partial charge >= 0.3 is 0 Å². The van der Waals surface area contributed by atoms with Gasteiger partial charge in [0.25, 0.3) is 11.8 Å². The molecular formula is C22H14N4O2. The molecule has 0 aromatic heterocycles. The second-order valence-corrected chi connectivity index (χ2v) is 5.87.